The van der Waals surface area contributed by atoms with Crippen LogP contribution in [-0.2, 0) is 11.2 Å². The van der Waals surface area contributed by atoms with Gasteiger partial charge in [0.15, 0.2) is 0 Å². The van der Waals surface area contributed by atoms with Crippen LogP contribution in [0.1, 0.15) is 24.6 Å². The molecule has 84 valence electrons. The molecule has 1 aliphatic heterocycles. The number of ether oxygens (including phenoxy) is 1. The Morgan fingerprint density at radius 3 is 3.13 bits per heavy atom. The first-order chi connectivity index (χ1) is 7.09. The van der Waals surface area contributed by atoms with Crippen LogP contribution in [0.2, 0.25) is 0 Å². The van der Waals surface area contributed by atoms with Gasteiger partial charge in [0.05, 0.1) is 11.7 Å². The third-order valence-corrected chi connectivity index (χ3v) is 4.74. The molecule has 1 aliphatic rings. The predicted octanol–water partition coefficient (Wildman–Crippen LogP) is 2.98. The normalized spacial score (nSPS) is 31.8. The fourth-order valence-electron chi connectivity index (χ4n) is 2.06. The summed E-state index contributed by atoms with van der Waals surface area (Å²) < 4.78 is 6.57. The van der Waals surface area contributed by atoms with E-state index in [1.165, 1.54) is 4.88 Å². The Bertz CT molecular complexity index is 339. The van der Waals surface area contributed by atoms with E-state index in [4.69, 9.17) is 4.74 Å². The second kappa shape index (κ2) is 4.53. The average molecular weight is 291 g/mol. The van der Waals surface area contributed by atoms with E-state index >= 15 is 0 Å². The van der Waals surface area contributed by atoms with Crippen LogP contribution >= 0.6 is 27.3 Å². The molecule has 2 nitrogen and oxygen atoms in total. The summed E-state index contributed by atoms with van der Waals surface area (Å²) in [4.78, 5) is 1.23. The lowest BCUT2D eigenvalue weighted by Crippen LogP contribution is -2.41. The zero-order valence-electron chi connectivity index (χ0n) is 8.70. The van der Waals surface area contributed by atoms with Crippen molar-refractivity contribution >= 4 is 27.3 Å². The van der Waals surface area contributed by atoms with E-state index in [1.807, 2.05) is 18.4 Å². The van der Waals surface area contributed by atoms with Gasteiger partial charge in [-0.1, -0.05) is 0 Å². The first-order valence-corrected chi connectivity index (χ1v) is 6.82. The molecule has 1 aromatic heterocycles. The zero-order valence-corrected chi connectivity index (χ0v) is 11.1. The van der Waals surface area contributed by atoms with Crippen molar-refractivity contribution in [3.05, 3.63) is 20.8 Å². The molecule has 2 atom stereocenters. The fraction of sp³-hybridized carbons (Fsp3) is 0.636. The predicted molar refractivity (Wildman–Crippen MR) is 65.3 cm³/mol. The quantitative estimate of drug-likeness (QED) is 0.907. The molecule has 0 radical (unpaired) electrons. The van der Waals surface area contributed by atoms with Gasteiger partial charge in [-0.2, -0.15) is 0 Å². The van der Waals surface area contributed by atoms with Crippen LogP contribution in [0.4, 0.5) is 0 Å². The number of aliphatic hydroxyl groups is 1. The van der Waals surface area contributed by atoms with Gasteiger partial charge in [-0.3, -0.25) is 0 Å². The summed E-state index contributed by atoms with van der Waals surface area (Å²) in [6.45, 7) is 2.69. The SMILES string of the molecule is CC1CC(O)(Cc2sccc2Br)CCO1. The molecule has 1 saturated heterocycles. The minimum absolute atomic E-state index is 0.169. The van der Waals surface area contributed by atoms with Gasteiger partial charge < -0.3 is 9.84 Å². The highest BCUT2D eigenvalue weighted by atomic mass is 79.9. The van der Waals surface area contributed by atoms with Crippen LogP contribution in [-0.4, -0.2) is 23.4 Å². The van der Waals surface area contributed by atoms with Crippen molar-refractivity contribution in [2.24, 2.45) is 0 Å². The lowest BCUT2D eigenvalue weighted by atomic mass is 9.87. The summed E-state index contributed by atoms with van der Waals surface area (Å²) in [7, 11) is 0. The van der Waals surface area contributed by atoms with Crippen LogP contribution in [0.25, 0.3) is 0 Å². The second-order valence-corrected chi connectivity index (χ2v) is 6.08. The van der Waals surface area contributed by atoms with Crippen molar-refractivity contribution < 1.29 is 9.84 Å². The summed E-state index contributed by atoms with van der Waals surface area (Å²) in [6.07, 6.45) is 2.38. The van der Waals surface area contributed by atoms with Crippen LogP contribution < -0.4 is 0 Å². The zero-order chi connectivity index (χ0) is 10.9. The third kappa shape index (κ3) is 2.81. The molecule has 0 amide bonds. The molecule has 2 unspecified atom stereocenters. The molecule has 0 bridgehead atoms. The lowest BCUT2D eigenvalue weighted by Gasteiger charge is -2.35. The fourth-order valence-corrected chi connectivity index (χ4v) is 3.69. The van der Waals surface area contributed by atoms with Gasteiger partial charge in [-0.05, 0) is 40.7 Å². The van der Waals surface area contributed by atoms with Crippen molar-refractivity contribution in [1.82, 2.24) is 0 Å². The summed E-state index contributed by atoms with van der Waals surface area (Å²) in [5, 5.41) is 12.5. The first kappa shape index (κ1) is 11.6. The highest BCUT2D eigenvalue weighted by molar-refractivity contribution is 9.10. The van der Waals surface area contributed by atoms with Crippen molar-refractivity contribution in [1.29, 1.82) is 0 Å². The van der Waals surface area contributed by atoms with E-state index in [1.54, 1.807) is 11.3 Å². The standard InChI is InChI=1S/C11H15BrO2S/c1-8-6-11(13,3-4-14-8)7-10-9(12)2-5-15-10/h2,5,8,13H,3-4,6-7H2,1H3. The monoisotopic (exact) mass is 290 g/mol. The smallest absolute Gasteiger partial charge is 0.0742 e. The molecule has 2 heterocycles. The molecule has 15 heavy (non-hydrogen) atoms. The maximum Gasteiger partial charge on any atom is 0.0742 e. The Morgan fingerprint density at radius 1 is 1.73 bits per heavy atom. The van der Waals surface area contributed by atoms with Crippen LogP contribution in [0.3, 0.4) is 0 Å². The topological polar surface area (TPSA) is 29.5 Å². The van der Waals surface area contributed by atoms with E-state index < -0.39 is 5.60 Å². The van der Waals surface area contributed by atoms with E-state index in [2.05, 4.69) is 15.9 Å². The first-order valence-electron chi connectivity index (χ1n) is 5.15. The minimum atomic E-state index is -0.578. The van der Waals surface area contributed by atoms with E-state index in [0.717, 1.165) is 23.7 Å². The van der Waals surface area contributed by atoms with Gasteiger partial charge in [-0.15, -0.1) is 11.3 Å². The molecular weight excluding hydrogens is 276 g/mol. The van der Waals surface area contributed by atoms with Crippen molar-refractivity contribution in [3.8, 4) is 0 Å². The number of halogens is 1. The lowest BCUT2D eigenvalue weighted by molar-refractivity contribution is -0.0958. The molecule has 2 rings (SSSR count). The molecule has 1 aromatic rings. The summed E-state index contributed by atoms with van der Waals surface area (Å²) >= 11 is 5.20. The molecular formula is C11H15BrO2S. The van der Waals surface area contributed by atoms with E-state index in [-0.39, 0.29) is 6.10 Å². The van der Waals surface area contributed by atoms with E-state index in [9.17, 15) is 5.11 Å². The highest BCUT2D eigenvalue weighted by Crippen LogP contribution is 2.33. The van der Waals surface area contributed by atoms with Gasteiger partial charge in [-0.25, -0.2) is 0 Å². The largest absolute Gasteiger partial charge is 0.389 e. The van der Waals surface area contributed by atoms with Gasteiger partial charge in [0, 0.05) is 28.8 Å². The number of thiophene rings is 1. The Labute approximate surface area is 102 Å². The Kier molecular flexibility index (Phi) is 3.50. The van der Waals surface area contributed by atoms with Gasteiger partial charge in [0.1, 0.15) is 0 Å². The number of hydrogen-bond acceptors (Lipinski definition) is 3. The summed E-state index contributed by atoms with van der Waals surface area (Å²) in [5.41, 5.74) is -0.578. The van der Waals surface area contributed by atoms with E-state index in [0.29, 0.717) is 6.61 Å². The molecule has 1 N–H and O–H groups in total. The molecule has 0 spiro atoms. The van der Waals surface area contributed by atoms with Gasteiger partial charge in [0.2, 0.25) is 0 Å². The molecule has 0 saturated carbocycles. The molecule has 1 fully saturated rings. The summed E-state index contributed by atoms with van der Waals surface area (Å²) in [6, 6.07) is 2.03. The molecule has 0 aliphatic carbocycles. The van der Waals surface area contributed by atoms with Crippen molar-refractivity contribution in [2.75, 3.05) is 6.61 Å². The minimum Gasteiger partial charge on any atom is -0.389 e. The van der Waals surface area contributed by atoms with Crippen LogP contribution in [0.15, 0.2) is 15.9 Å². The molecule has 4 heteroatoms. The Morgan fingerprint density at radius 2 is 2.53 bits per heavy atom. The number of hydrogen-bond donors (Lipinski definition) is 1. The maximum atomic E-state index is 10.4. The average Bonchev–Trinajstić information content (AvgIpc) is 2.50. The Hall–Kier alpha value is 0.1000. The maximum absolute atomic E-state index is 10.4. The Balaban J connectivity index is 2.07. The number of rotatable bonds is 2. The van der Waals surface area contributed by atoms with Gasteiger partial charge >= 0.3 is 0 Å². The highest BCUT2D eigenvalue weighted by Gasteiger charge is 2.34. The van der Waals surface area contributed by atoms with Crippen molar-refractivity contribution in [2.45, 2.75) is 37.9 Å². The van der Waals surface area contributed by atoms with Gasteiger partial charge in [0.25, 0.3) is 0 Å². The summed E-state index contributed by atoms with van der Waals surface area (Å²) in [5.74, 6) is 0. The third-order valence-electron chi connectivity index (χ3n) is 2.82. The second-order valence-electron chi connectivity index (χ2n) is 4.23. The van der Waals surface area contributed by atoms with Crippen LogP contribution in [0, 0.1) is 0 Å². The molecule has 0 aromatic carbocycles. The van der Waals surface area contributed by atoms with Crippen molar-refractivity contribution in [3.63, 3.8) is 0 Å². The van der Waals surface area contributed by atoms with Crippen LogP contribution in [0.5, 0.6) is 0 Å².